The average molecular weight is 266 g/mol. The lowest BCUT2D eigenvalue weighted by Gasteiger charge is -2.01. The molecule has 6 nitrogen and oxygen atoms in total. The lowest BCUT2D eigenvalue weighted by Crippen LogP contribution is -2.34. The quantitative estimate of drug-likeness (QED) is 0.333. The van der Waals surface area contributed by atoms with Crippen molar-refractivity contribution >= 4 is 41.6 Å². The molecule has 0 saturated carbocycles. The number of carboxylic acid groups (broad SMARTS) is 2. The van der Waals surface area contributed by atoms with Crippen molar-refractivity contribution in [2.45, 2.75) is 18.5 Å². The molecule has 1 aliphatic heterocycles. The largest absolute Gasteiger partial charge is 0.480 e. The molecule has 1 aliphatic rings. The number of thiocarbonyl (C=S) groups is 1. The van der Waals surface area contributed by atoms with Crippen molar-refractivity contribution in [2.24, 2.45) is 5.73 Å². The first-order valence-corrected chi connectivity index (χ1v) is 5.52. The van der Waals surface area contributed by atoms with Crippen molar-refractivity contribution in [3.8, 4) is 0 Å². The number of carbonyl (C=O) groups is 2. The molecular formula is C8H14N2O4S2. The van der Waals surface area contributed by atoms with E-state index in [0.717, 1.165) is 0 Å². The van der Waals surface area contributed by atoms with Crippen LogP contribution in [-0.2, 0) is 9.59 Å². The van der Waals surface area contributed by atoms with Crippen molar-refractivity contribution in [3.05, 3.63) is 0 Å². The van der Waals surface area contributed by atoms with E-state index in [1.54, 1.807) is 0 Å². The lowest BCUT2D eigenvalue weighted by atomic mass is 10.2. The molecule has 0 amide bonds. The highest BCUT2D eigenvalue weighted by Crippen LogP contribution is 2.02. The third-order valence-corrected chi connectivity index (χ3v) is 2.64. The molecule has 1 rings (SSSR count). The van der Waals surface area contributed by atoms with Gasteiger partial charge in [0.15, 0.2) is 0 Å². The third kappa shape index (κ3) is 5.40. The van der Waals surface area contributed by atoms with Crippen LogP contribution in [0.15, 0.2) is 0 Å². The summed E-state index contributed by atoms with van der Waals surface area (Å²) in [6.07, 6.45) is 0.715. The molecule has 0 aromatic heterocycles. The Bertz CT molecular complexity index is 285. The minimum Gasteiger partial charge on any atom is -0.480 e. The summed E-state index contributed by atoms with van der Waals surface area (Å²) in [4.78, 5) is 20.6. The first kappa shape index (κ1) is 15.3. The Labute approximate surface area is 104 Å². The van der Waals surface area contributed by atoms with Gasteiger partial charge in [-0.15, -0.1) is 0 Å². The Kier molecular flexibility index (Phi) is 7.22. The van der Waals surface area contributed by atoms with E-state index < -0.39 is 24.0 Å². The fourth-order valence-electron chi connectivity index (χ4n) is 0.901. The van der Waals surface area contributed by atoms with Crippen molar-refractivity contribution < 1.29 is 19.8 Å². The fraction of sp³-hybridized carbons (Fsp3) is 0.625. The second-order valence-corrected chi connectivity index (χ2v) is 3.96. The van der Waals surface area contributed by atoms with E-state index in [-0.39, 0.29) is 5.75 Å². The molecule has 0 spiro atoms. The monoisotopic (exact) mass is 266 g/mol. The van der Waals surface area contributed by atoms with Crippen molar-refractivity contribution in [2.75, 3.05) is 12.3 Å². The third-order valence-electron chi connectivity index (χ3n) is 1.80. The number of carboxylic acids is 2. The number of rotatable bonds is 3. The summed E-state index contributed by atoms with van der Waals surface area (Å²) in [7, 11) is 0. The second kappa shape index (κ2) is 7.55. The van der Waals surface area contributed by atoms with Crippen LogP contribution in [0.5, 0.6) is 0 Å². The van der Waals surface area contributed by atoms with Gasteiger partial charge in [-0.05, 0) is 6.42 Å². The van der Waals surface area contributed by atoms with Gasteiger partial charge in [-0.2, -0.15) is 12.6 Å². The first-order valence-electron chi connectivity index (χ1n) is 4.48. The zero-order valence-corrected chi connectivity index (χ0v) is 10.1. The number of hydrogen-bond acceptors (Lipinski definition) is 6. The Morgan fingerprint density at radius 2 is 2.19 bits per heavy atom. The molecule has 1 saturated heterocycles. The lowest BCUT2D eigenvalue weighted by molar-refractivity contribution is -0.138. The number of aliphatic carboxylic acids is 2. The number of thiol groups is 1. The standard InChI is InChI=1S/C5H7NO2S.C3H7NO2S/c7-5(8)4-3(9)1-2-6-4;4-2(1-7)3(5)6/h4,6H,1-2H2,(H,7,8);2,7H,1,4H2,(H,5,6)/t4-;2-/m00/s1. The van der Waals surface area contributed by atoms with E-state index in [9.17, 15) is 9.59 Å². The van der Waals surface area contributed by atoms with Crippen LogP contribution >= 0.6 is 24.8 Å². The van der Waals surface area contributed by atoms with Crippen LogP contribution in [0, 0.1) is 0 Å². The van der Waals surface area contributed by atoms with E-state index in [1.165, 1.54) is 0 Å². The molecule has 92 valence electrons. The van der Waals surface area contributed by atoms with Gasteiger partial charge in [0.1, 0.15) is 12.1 Å². The molecule has 1 heterocycles. The van der Waals surface area contributed by atoms with Gasteiger partial charge in [0.2, 0.25) is 0 Å². The summed E-state index contributed by atoms with van der Waals surface area (Å²) in [6.45, 7) is 0.704. The number of nitrogens with two attached hydrogens (primary N) is 1. The van der Waals surface area contributed by atoms with Gasteiger partial charge in [-0.3, -0.25) is 14.9 Å². The summed E-state index contributed by atoms with van der Waals surface area (Å²) in [6, 6.07) is -1.39. The van der Waals surface area contributed by atoms with Gasteiger partial charge in [-0.25, -0.2) is 0 Å². The Hall–Kier alpha value is -0.700. The average Bonchev–Trinajstić information content (AvgIpc) is 2.64. The predicted octanol–water partition coefficient (Wildman–Crippen LogP) is -0.869. The Morgan fingerprint density at radius 3 is 2.31 bits per heavy atom. The topological polar surface area (TPSA) is 113 Å². The highest BCUT2D eigenvalue weighted by atomic mass is 32.1. The molecule has 1 fully saturated rings. The van der Waals surface area contributed by atoms with Crippen LogP contribution in [0.4, 0.5) is 0 Å². The predicted molar refractivity (Wildman–Crippen MR) is 66.1 cm³/mol. The van der Waals surface area contributed by atoms with Gasteiger partial charge in [0.25, 0.3) is 0 Å². The molecular weight excluding hydrogens is 252 g/mol. The summed E-state index contributed by atoms with van der Waals surface area (Å²) in [5.41, 5.74) is 4.94. The SMILES string of the molecule is N[C@@H](CS)C(=O)O.O=C(O)[C@H]1NCCC1=S. The fourth-order valence-corrected chi connectivity index (χ4v) is 1.34. The number of hydrogen-bond donors (Lipinski definition) is 5. The van der Waals surface area contributed by atoms with Crippen molar-refractivity contribution in [3.63, 3.8) is 0 Å². The molecule has 16 heavy (non-hydrogen) atoms. The van der Waals surface area contributed by atoms with E-state index in [2.05, 4.69) is 17.9 Å². The van der Waals surface area contributed by atoms with Crippen LogP contribution in [0.1, 0.15) is 6.42 Å². The molecule has 0 unspecified atom stereocenters. The normalized spacial score (nSPS) is 20.9. The van der Waals surface area contributed by atoms with Gasteiger partial charge in [0, 0.05) is 17.2 Å². The highest BCUT2D eigenvalue weighted by molar-refractivity contribution is 7.80. The molecule has 0 aliphatic carbocycles. The molecule has 8 heteroatoms. The molecule has 0 radical (unpaired) electrons. The van der Waals surface area contributed by atoms with E-state index >= 15 is 0 Å². The summed E-state index contributed by atoms with van der Waals surface area (Å²) < 4.78 is 0. The van der Waals surface area contributed by atoms with Crippen molar-refractivity contribution in [1.82, 2.24) is 5.32 Å². The van der Waals surface area contributed by atoms with E-state index in [1.807, 2.05) is 0 Å². The zero-order chi connectivity index (χ0) is 12.7. The molecule has 0 aromatic carbocycles. The molecule has 0 bridgehead atoms. The first-order chi connectivity index (χ1) is 7.40. The van der Waals surface area contributed by atoms with Gasteiger partial charge in [0.05, 0.1) is 0 Å². The van der Waals surface area contributed by atoms with Crippen LogP contribution in [-0.4, -0.2) is 51.4 Å². The molecule has 0 aromatic rings. The highest BCUT2D eigenvalue weighted by Gasteiger charge is 2.26. The van der Waals surface area contributed by atoms with Crippen LogP contribution < -0.4 is 11.1 Å². The number of nitrogens with one attached hydrogen (secondary N) is 1. The maximum absolute atomic E-state index is 10.3. The smallest absolute Gasteiger partial charge is 0.325 e. The van der Waals surface area contributed by atoms with Crippen LogP contribution in [0.25, 0.3) is 0 Å². The maximum Gasteiger partial charge on any atom is 0.325 e. The summed E-state index contributed by atoms with van der Waals surface area (Å²) in [5.74, 6) is -1.68. The molecule has 5 N–H and O–H groups in total. The van der Waals surface area contributed by atoms with Crippen LogP contribution in [0.3, 0.4) is 0 Å². The van der Waals surface area contributed by atoms with Crippen molar-refractivity contribution in [1.29, 1.82) is 0 Å². The van der Waals surface area contributed by atoms with Gasteiger partial charge in [-0.1, -0.05) is 12.2 Å². The van der Waals surface area contributed by atoms with E-state index in [0.29, 0.717) is 17.8 Å². The van der Waals surface area contributed by atoms with Gasteiger partial charge < -0.3 is 15.9 Å². The molecule has 2 atom stereocenters. The summed E-state index contributed by atoms with van der Waals surface area (Å²) in [5, 5.41) is 19.2. The Morgan fingerprint density at radius 1 is 1.62 bits per heavy atom. The minimum atomic E-state index is -1.00. The van der Waals surface area contributed by atoms with E-state index in [4.69, 9.17) is 28.2 Å². The second-order valence-electron chi connectivity index (χ2n) is 3.07. The zero-order valence-electron chi connectivity index (χ0n) is 8.42. The maximum atomic E-state index is 10.3. The Balaban J connectivity index is 0.000000293. The minimum absolute atomic E-state index is 0.190. The van der Waals surface area contributed by atoms with Crippen LogP contribution in [0.2, 0.25) is 0 Å². The summed E-state index contributed by atoms with van der Waals surface area (Å²) >= 11 is 8.42. The van der Waals surface area contributed by atoms with Gasteiger partial charge >= 0.3 is 11.9 Å².